The topological polar surface area (TPSA) is 32.7 Å². The average molecular weight is 455 g/mol. The number of allylic oxidation sites excluding steroid dienone is 1. The van der Waals surface area contributed by atoms with Gasteiger partial charge in [-0.15, -0.1) is 0 Å². The van der Waals surface area contributed by atoms with E-state index in [4.69, 9.17) is 28.2 Å². The highest BCUT2D eigenvalue weighted by Gasteiger charge is 2.44. The van der Waals surface area contributed by atoms with Crippen LogP contribution in [-0.2, 0) is 4.79 Å². The van der Waals surface area contributed by atoms with Crippen molar-refractivity contribution in [3.63, 3.8) is 0 Å². The summed E-state index contributed by atoms with van der Waals surface area (Å²) in [5.74, 6) is 0.895. The van der Waals surface area contributed by atoms with Crippen molar-refractivity contribution in [3.8, 4) is 0 Å². The Morgan fingerprint density at radius 2 is 1.73 bits per heavy atom. The van der Waals surface area contributed by atoms with Crippen LogP contribution < -0.4 is 0 Å². The summed E-state index contributed by atoms with van der Waals surface area (Å²) in [5.41, 5.74) is 5.67. The van der Waals surface area contributed by atoms with E-state index in [0.29, 0.717) is 16.7 Å². The molecule has 0 saturated carbocycles. The number of nitrogens with zero attached hydrogens (tertiary/aromatic N) is 2. The van der Waals surface area contributed by atoms with Gasteiger partial charge in [0.1, 0.15) is 0 Å². The minimum absolute atomic E-state index is 0.117. The van der Waals surface area contributed by atoms with Crippen molar-refractivity contribution < 1.29 is 4.79 Å². The van der Waals surface area contributed by atoms with E-state index in [1.54, 1.807) is 0 Å². The third-order valence-corrected chi connectivity index (χ3v) is 7.35. The van der Waals surface area contributed by atoms with E-state index in [1.165, 1.54) is 22.9 Å². The van der Waals surface area contributed by atoms with Crippen molar-refractivity contribution in [1.82, 2.24) is 4.90 Å². The van der Waals surface area contributed by atoms with Crippen molar-refractivity contribution in [2.75, 3.05) is 5.75 Å². The van der Waals surface area contributed by atoms with Crippen molar-refractivity contribution in [2.24, 2.45) is 10.9 Å². The Balaban J connectivity index is 1.67. The van der Waals surface area contributed by atoms with Gasteiger partial charge >= 0.3 is 0 Å². The molecule has 3 aliphatic rings. The quantitative estimate of drug-likeness (QED) is 0.502. The fraction of sp³-hybridized carbons (Fsp3) is 0.250. The van der Waals surface area contributed by atoms with Crippen molar-refractivity contribution >= 4 is 52.1 Å². The molecule has 1 saturated heterocycles. The van der Waals surface area contributed by atoms with Crippen molar-refractivity contribution in [1.29, 1.82) is 0 Å². The zero-order chi connectivity index (χ0) is 20.8. The highest BCUT2D eigenvalue weighted by molar-refractivity contribution is 8.15. The van der Waals surface area contributed by atoms with Crippen LogP contribution in [0, 0.1) is 5.92 Å². The Labute approximate surface area is 190 Å². The maximum Gasteiger partial charge on any atom is 0.239 e. The number of hydrogen-bond acceptors (Lipinski definition) is 3. The van der Waals surface area contributed by atoms with Crippen LogP contribution in [0.2, 0.25) is 10.0 Å². The summed E-state index contributed by atoms with van der Waals surface area (Å²) in [4.78, 5) is 19.7. The zero-order valence-electron chi connectivity index (χ0n) is 16.4. The molecule has 2 unspecified atom stereocenters. The molecule has 1 amide bonds. The van der Waals surface area contributed by atoms with Crippen molar-refractivity contribution in [3.05, 3.63) is 86.5 Å². The second-order valence-electron chi connectivity index (χ2n) is 7.87. The van der Waals surface area contributed by atoms with Crippen molar-refractivity contribution in [2.45, 2.75) is 25.8 Å². The summed E-state index contributed by atoms with van der Waals surface area (Å²) in [6, 6.07) is 15.6. The first kappa shape index (κ1) is 19.9. The smallest absolute Gasteiger partial charge is 0.239 e. The number of carbonyl (C=O) groups excluding carboxylic acids is 1. The number of benzene rings is 2. The molecular formula is C24H20Cl2N2OS. The van der Waals surface area contributed by atoms with E-state index in [1.807, 2.05) is 53.4 Å². The molecule has 0 N–H and O–H groups in total. The molecule has 0 radical (unpaired) electrons. The van der Waals surface area contributed by atoms with Crippen LogP contribution in [0.25, 0.3) is 6.08 Å². The first-order chi connectivity index (χ1) is 14.5. The number of thioether (sulfide) groups is 1. The van der Waals surface area contributed by atoms with Gasteiger partial charge in [-0.2, -0.15) is 0 Å². The van der Waals surface area contributed by atoms with Gasteiger partial charge in [0.2, 0.25) is 5.91 Å². The predicted octanol–water partition coefficient (Wildman–Crippen LogP) is 6.75. The van der Waals surface area contributed by atoms with Crippen LogP contribution in [-0.4, -0.2) is 21.7 Å². The average Bonchev–Trinajstić information content (AvgIpc) is 3.12. The summed E-state index contributed by atoms with van der Waals surface area (Å²) in [6.07, 6.45) is 4.20. The molecule has 2 aliphatic heterocycles. The van der Waals surface area contributed by atoms with E-state index < -0.39 is 0 Å². The first-order valence-corrected chi connectivity index (χ1v) is 11.7. The van der Waals surface area contributed by atoms with Crippen LogP contribution in [0.1, 0.15) is 36.9 Å². The minimum atomic E-state index is -0.129. The summed E-state index contributed by atoms with van der Waals surface area (Å²) >= 11 is 13.7. The van der Waals surface area contributed by atoms with Crippen LogP contribution in [0.15, 0.2) is 70.4 Å². The molecular weight excluding hydrogens is 435 g/mol. The van der Waals surface area contributed by atoms with Crippen LogP contribution >= 0.6 is 35.0 Å². The standard InChI is InChI=1S/C24H20Cl2N2OS/c1-14-2-5-17(12-15-3-8-18(25)9-4-15)22-21(14)23(16-6-10-19(26)11-7-16)28-20(29)13-30-24(28)27-22/h3-4,6-12,14,23H,2,5,13H2,1H3. The fourth-order valence-corrected chi connectivity index (χ4v) is 5.57. The molecule has 2 atom stereocenters. The molecule has 0 aromatic heterocycles. The maximum atomic E-state index is 12.8. The van der Waals surface area contributed by atoms with E-state index in [9.17, 15) is 4.79 Å². The number of halogens is 2. The number of aliphatic imine (C=N–C) groups is 1. The van der Waals surface area contributed by atoms with Gasteiger partial charge in [0.05, 0.1) is 17.5 Å². The van der Waals surface area contributed by atoms with Gasteiger partial charge in [-0.1, -0.05) is 66.2 Å². The summed E-state index contributed by atoms with van der Waals surface area (Å²) < 4.78 is 0. The molecule has 2 aromatic rings. The second-order valence-corrected chi connectivity index (χ2v) is 9.68. The van der Waals surface area contributed by atoms with E-state index in [2.05, 4.69) is 13.0 Å². The first-order valence-electron chi connectivity index (χ1n) is 10.0. The molecule has 152 valence electrons. The van der Waals surface area contributed by atoms with Gasteiger partial charge in [0, 0.05) is 10.0 Å². The van der Waals surface area contributed by atoms with Gasteiger partial charge in [-0.25, -0.2) is 4.99 Å². The summed E-state index contributed by atoms with van der Waals surface area (Å²) in [7, 11) is 0. The third kappa shape index (κ3) is 3.51. The summed E-state index contributed by atoms with van der Waals surface area (Å²) in [5, 5.41) is 2.22. The van der Waals surface area contributed by atoms with Gasteiger partial charge in [-0.3, -0.25) is 9.69 Å². The zero-order valence-corrected chi connectivity index (χ0v) is 18.8. The number of hydrogen-bond donors (Lipinski definition) is 0. The lowest BCUT2D eigenvalue weighted by Crippen LogP contribution is -2.40. The number of amides is 1. The van der Waals surface area contributed by atoms with Crippen LogP contribution in [0.5, 0.6) is 0 Å². The Hall–Kier alpha value is -2.01. The maximum absolute atomic E-state index is 12.8. The molecule has 5 rings (SSSR count). The van der Waals surface area contributed by atoms with Gasteiger partial charge in [0.15, 0.2) is 5.17 Å². The van der Waals surface area contributed by atoms with Gasteiger partial charge in [0.25, 0.3) is 0 Å². The molecule has 1 fully saturated rings. The van der Waals surface area contributed by atoms with Gasteiger partial charge < -0.3 is 0 Å². The molecule has 3 nitrogen and oxygen atoms in total. The molecule has 0 bridgehead atoms. The largest absolute Gasteiger partial charge is 0.279 e. The lowest BCUT2D eigenvalue weighted by Gasteiger charge is -2.40. The highest BCUT2D eigenvalue weighted by atomic mass is 35.5. The third-order valence-electron chi connectivity index (χ3n) is 5.91. The number of amidine groups is 1. The summed E-state index contributed by atoms with van der Waals surface area (Å²) in [6.45, 7) is 2.24. The number of rotatable bonds is 2. The van der Waals surface area contributed by atoms with Crippen LogP contribution in [0.3, 0.4) is 0 Å². The highest BCUT2D eigenvalue weighted by Crippen LogP contribution is 2.49. The Bertz CT molecular complexity index is 1100. The lowest BCUT2D eigenvalue weighted by atomic mass is 9.77. The molecule has 2 heterocycles. The molecule has 6 heteroatoms. The SMILES string of the molecule is CC1CCC(=Cc2ccc(Cl)cc2)C2=C1C(c1ccc(Cl)cc1)N1C(=O)CSC1=N2. The van der Waals surface area contributed by atoms with Gasteiger partial charge in [-0.05, 0) is 71.4 Å². The molecule has 1 aliphatic carbocycles. The Kier molecular flexibility index (Phi) is 5.26. The fourth-order valence-electron chi connectivity index (χ4n) is 4.42. The Morgan fingerprint density at radius 3 is 2.43 bits per heavy atom. The van der Waals surface area contributed by atoms with E-state index in [0.717, 1.165) is 39.9 Å². The normalized spacial score (nSPS) is 24.8. The van der Waals surface area contributed by atoms with E-state index in [-0.39, 0.29) is 11.9 Å². The second kappa shape index (κ2) is 7.92. The molecule has 30 heavy (non-hydrogen) atoms. The Morgan fingerprint density at radius 1 is 1.07 bits per heavy atom. The van der Waals surface area contributed by atoms with Crippen LogP contribution in [0.4, 0.5) is 0 Å². The number of carbonyl (C=O) groups is 1. The monoisotopic (exact) mass is 454 g/mol. The molecule has 2 aromatic carbocycles. The van der Waals surface area contributed by atoms with E-state index >= 15 is 0 Å². The molecule has 0 spiro atoms. The predicted molar refractivity (Wildman–Crippen MR) is 126 cm³/mol. The lowest BCUT2D eigenvalue weighted by molar-refractivity contribution is -0.125. The minimum Gasteiger partial charge on any atom is -0.279 e. The number of fused-ring (bicyclic) bond motifs is 1.